The van der Waals surface area contributed by atoms with E-state index in [1.807, 2.05) is 0 Å². The van der Waals surface area contributed by atoms with Crippen molar-refractivity contribution in [1.82, 2.24) is 9.78 Å². The van der Waals surface area contributed by atoms with Crippen molar-refractivity contribution in [3.63, 3.8) is 0 Å². The smallest absolute Gasteiger partial charge is 0.343 e. The van der Waals surface area contributed by atoms with E-state index >= 15 is 0 Å². The molecule has 3 aromatic rings. The third-order valence-corrected chi connectivity index (χ3v) is 4.17. The minimum atomic E-state index is -0.889. The van der Waals surface area contributed by atoms with E-state index < -0.39 is 34.1 Å². The summed E-state index contributed by atoms with van der Waals surface area (Å²) in [6.45, 7) is 3.64. The molecular weight excluding hydrogens is 397 g/mol. The molecule has 0 saturated carbocycles. The molecule has 0 spiro atoms. The summed E-state index contributed by atoms with van der Waals surface area (Å²) in [5, 5.41) is 15.2. The number of hydrogen-bond acceptors (Lipinski definition) is 7. The SMILES string of the molecule is CCOC(=O)c1cnn(-c2ccc(C(=O)Oc3cc(F)ccc3[N+](=O)[O-])cc2)c1C. The Bertz CT molecular complexity index is 1120. The predicted molar refractivity (Wildman–Crippen MR) is 102 cm³/mol. The van der Waals surface area contributed by atoms with Crippen molar-refractivity contribution >= 4 is 17.6 Å². The fraction of sp³-hybridized carbons (Fsp3) is 0.150. The highest BCUT2D eigenvalue weighted by Gasteiger charge is 2.20. The zero-order valence-electron chi connectivity index (χ0n) is 16.0. The number of nitrogens with zero attached hydrogens (tertiary/aromatic N) is 3. The Balaban J connectivity index is 1.82. The Labute approximate surface area is 169 Å². The first-order valence-corrected chi connectivity index (χ1v) is 8.80. The van der Waals surface area contributed by atoms with Gasteiger partial charge < -0.3 is 9.47 Å². The molecule has 0 N–H and O–H groups in total. The van der Waals surface area contributed by atoms with Gasteiger partial charge in [-0.25, -0.2) is 18.7 Å². The Morgan fingerprint density at radius 2 is 1.87 bits per heavy atom. The molecule has 0 unspecified atom stereocenters. The van der Waals surface area contributed by atoms with Crippen LogP contribution in [-0.2, 0) is 4.74 Å². The van der Waals surface area contributed by atoms with E-state index in [2.05, 4.69) is 5.10 Å². The Morgan fingerprint density at radius 3 is 2.50 bits per heavy atom. The van der Waals surface area contributed by atoms with E-state index in [1.165, 1.54) is 23.0 Å². The maximum atomic E-state index is 13.4. The quantitative estimate of drug-likeness (QED) is 0.262. The third-order valence-electron chi connectivity index (χ3n) is 4.17. The summed E-state index contributed by atoms with van der Waals surface area (Å²) in [4.78, 5) is 34.5. The van der Waals surface area contributed by atoms with Gasteiger partial charge in [-0.15, -0.1) is 0 Å². The van der Waals surface area contributed by atoms with Crippen LogP contribution in [0.15, 0.2) is 48.7 Å². The number of hydrogen-bond donors (Lipinski definition) is 0. The van der Waals surface area contributed by atoms with Gasteiger partial charge in [0.1, 0.15) is 11.4 Å². The minimum absolute atomic E-state index is 0.0905. The van der Waals surface area contributed by atoms with Crippen molar-refractivity contribution in [2.24, 2.45) is 0 Å². The zero-order chi connectivity index (χ0) is 21.8. The summed E-state index contributed by atoms with van der Waals surface area (Å²) in [5.74, 6) is -2.64. The zero-order valence-corrected chi connectivity index (χ0v) is 16.0. The van der Waals surface area contributed by atoms with Gasteiger partial charge in [0.25, 0.3) is 0 Å². The molecule has 0 aliphatic carbocycles. The summed E-state index contributed by atoms with van der Waals surface area (Å²) in [6.07, 6.45) is 1.39. The van der Waals surface area contributed by atoms with E-state index in [-0.39, 0.29) is 12.2 Å². The molecule has 0 aliphatic rings. The maximum Gasteiger partial charge on any atom is 0.343 e. The minimum Gasteiger partial charge on any atom is -0.462 e. The van der Waals surface area contributed by atoms with Crippen LogP contribution >= 0.6 is 0 Å². The molecule has 1 aromatic heterocycles. The summed E-state index contributed by atoms with van der Waals surface area (Å²) >= 11 is 0. The van der Waals surface area contributed by atoms with Crippen LogP contribution in [0.4, 0.5) is 10.1 Å². The van der Waals surface area contributed by atoms with Gasteiger partial charge in [-0.1, -0.05) is 0 Å². The molecule has 0 atom stereocenters. The summed E-state index contributed by atoms with van der Waals surface area (Å²) in [5.41, 5.74) is 1.00. The van der Waals surface area contributed by atoms with Crippen LogP contribution in [0.3, 0.4) is 0 Å². The highest BCUT2D eigenvalue weighted by Crippen LogP contribution is 2.28. The average molecular weight is 413 g/mol. The number of carbonyl (C=O) groups is 2. The lowest BCUT2D eigenvalue weighted by atomic mass is 10.2. The molecule has 154 valence electrons. The normalized spacial score (nSPS) is 10.5. The molecular formula is C20H16FN3O6. The van der Waals surface area contributed by atoms with Crippen LogP contribution in [0.2, 0.25) is 0 Å². The van der Waals surface area contributed by atoms with E-state index in [0.717, 1.165) is 18.2 Å². The lowest BCUT2D eigenvalue weighted by molar-refractivity contribution is -0.385. The molecule has 10 heteroatoms. The number of nitro groups is 1. The third kappa shape index (κ3) is 4.17. The lowest BCUT2D eigenvalue weighted by Gasteiger charge is -2.08. The number of aromatic nitrogens is 2. The molecule has 2 aromatic carbocycles. The van der Waals surface area contributed by atoms with E-state index in [1.54, 1.807) is 26.0 Å². The molecule has 0 saturated heterocycles. The number of benzene rings is 2. The maximum absolute atomic E-state index is 13.4. The first-order valence-electron chi connectivity index (χ1n) is 8.80. The molecule has 30 heavy (non-hydrogen) atoms. The summed E-state index contributed by atoms with van der Waals surface area (Å²) in [7, 11) is 0. The number of ether oxygens (including phenoxy) is 2. The first kappa shape index (κ1) is 20.6. The molecule has 0 aliphatic heterocycles. The van der Waals surface area contributed by atoms with Crippen molar-refractivity contribution in [1.29, 1.82) is 0 Å². The van der Waals surface area contributed by atoms with Crippen molar-refractivity contribution < 1.29 is 28.4 Å². The number of rotatable bonds is 6. The fourth-order valence-electron chi connectivity index (χ4n) is 2.70. The molecule has 0 amide bonds. The number of halogens is 1. The second-order valence-electron chi connectivity index (χ2n) is 6.08. The van der Waals surface area contributed by atoms with Gasteiger partial charge in [0.05, 0.1) is 34.7 Å². The van der Waals surface area contributed by atoms with Gasteiger partial charge in [0.15, 0.2) is 0 Å². The molecule has 1 heterocycles. The largest absolute Gasteiger partial charge is 0.462 e. The second kappa shape index (κ2) is 8.52. The Hall–Kier alpha value is -4.08. The number of carbonyl (C=O) groups excluding carboxylic acids is 2. The summed E-state index contributed by atoms with van der Waals surface area (Å²) < 4.78 is 24.9. The monoisotopic (exact) mass is 413 g/mol. The molecule has 0 fully saturated rings. The van der Waals surface area contributed by atoms with Crippen LogP contribution in [0, 0.1) is 22.9 Å². The van der Waals surface area contributed by atoms with Gasteiger partial charge in [0, 0.05) is 12.1 Å². The van der Waals surface area contributed by atoms with Crippen molar-refractivity contribution in [3.8, 4) is 11.4 Å². The fourth-order valence-corrected chi connectivity index (χ4v) is 2.70. The van der Waals surface area contributed by atoms with Gasteiger partial charge >= 0.3 is 17.6 Å². The number of esters is 2. The van der Waals surface area contributed by atoms with Crippen LogP contribution in [0.5, 0.6) is 5.75 Å². The van der Waals surface area contributed by atoms with Gasteiger partial charge in [-0.2, -0.15) is 5.10 Å². The average Bonchev–Trinajstić information content (AvgIpc) is 3.09. The molecule has 0 bridgehead atoms. The van der Waals surface area contributed by atoms with Crippen molar-refractivity contribution in [2.45, 2.75) is 13.8 Å². The summed E-state index contributed by atoms with van der Waals surface area (Å²) in [6, 6.07) is 8.57. The lowest BCUT2D eigenvalue weighted by Crippen LogP contribution is -2.10. The van der Waals surface area contributed by atoms with Crippen LogP contribution in [0.1, 0.15) is 33.3 Å². The Morgan fingerprint density at radius 1 is 1.17 bits per heavy atom. The number of nitro benzene ring substituents is 1. The van der Waals surface area contributed by atoms with Crippen molar-refractivity contribution in [2.75, 3.05) is 6.61 Å². The van der Waals surface area contributed by atoms with Gasteiger partial charge in [-0.05, 0) is 44.2 Å². The Kier molecular flexibility index (Phi) is 5.86. The highest BCUT2D eigenvalue weighted by atomic mass is 19.1. The van der Waals surface area contributed by atoms with Crippen molar-refractivity contribution in [3.05, 3.63) is 81.4 Å². The first-order chi connectivity index (χ1) is 14.3. The standard InChI is InChI=1S/C20H16FN3O6/c1-3-29-20(26)16-11-22-23(12(16)2)15-7-4-13(5-8-15)19(25)30-18-10-14(21)6-9-17(18)24(27)28/h4-11H,3H2,1-2H3. The molecule has 9 nitrogen and oxygen atoms in total. The van der Waals surface area contributed by atoms with Crippen LogP contribution in [-0.4, -0.2) is 33.2 Å². The van der Waals surface area contributed by atoms with Crippen LogP contribution in [0.25, 0.3) is 5.69 Å². The van der Waals surface area contributed by atoms with E-state index in [0.29, 0.717) is 16.9 Å². The molecule has 3 rings (SSSR count). The topological polar surface area (TPSA) is 114 Å². The van der Waals surface area contributed by atoms with E-state index in [9.17, 15) is 24.1 Å². The van der Waals surface area contributed by atoms with E-state index in [4.69, 9.17) is 9.47 Å². The van der Waals surface area contributed by atoms with Gasteiger partial charge in [0.2, 0.25) is 5.75 Å². The van der Waals surface area contributed by atoms with Gasteiger partial charge in [-0.3, -0.25) is 10.1 Å². The predicted octanol–water partition coefficient (Wildman–Crippen LogP) is 3.62. The molecule has 0 radical (unpaired) electrons. The highest BCUT2D eigenvalue weighted by molar-refractivity contribution is 5.92. The van der Waals surface area contributed by atoms with Crippen LogP contribution < -0.4 is 4.74 Å². The second-order valence-corrected chi connectivity index (χ2v) is 6.08.